The molecule has 3 N–H and O–H groups in total. The van der Waals surface area contributed by atoms with E-state index in [-0.39, 0.29) is 17.7 Å². The minimum atomic E-state index is -0.541. The first-order valence-corrected chi connectivity index (χ1v) is 10.2. The number of amides is 1. The van der Waals surface area contributed by atoms with Crippen LogP contribution in [0.15, 0.2) is 57.9 Å². The Labute approximate surface area is 174 Å². The van der Waals surface area contributed by atoms with Crippen molar-refractivity contribution in [3.63, 3.8) is 0 Å². The second-order valence-electron chi connectivity index (χ2n) is 7.35. The normalized spacial score (nSPS) is 16.7. The molecule has 1 atom stereocenters. The molecule has 1 saturated carbocycles. The summed E-state index contributed by atoms with van der Waals surface area (Å²) < 4.78 is 5.77. The summed E-state index contributed by atoms with van der Waals surface area (Å²) in [5.74, 6) is 0.0586. The zero-order chi connectivity index (χ0) is 20.2. The van der Waals surface area contributed by atoms with Crippen molar-refractivity contribution < 1.29 is 9.21 Å². The number of halogens is 1. The minimum Gasteiger partial charge on any atom is -0.423 e. The van der Waals surface area contributed by atoms with Crippen LogP contribution in [0.4, 0.5) is 6.01 Å². The molecule has 0 radical (unpaired) electrons. The van der Waals surface area contributed by atoms with Crippen molar-refractivity contribution in [3.8, 4) is 0 Å². The lowest BCUT2D eigenvalue weighted by atomic mass is 9.83. The molecule has 0 aliphatic heterocycles. The smallest absolute Gasteiger partial charge is 0.296 e. The lowest BCUT2D eigenvalue weighted by molar-refractivity contribution is -0.119. The van der Waals surface area contributed by atoms with Gasteiger partial charge in [0.25, 0.3) is 11.9 Å². The maximum Gasteiger partial charge on any atom is 0.296 e. The van der Waals surface area contributed by atoms with Gasteiger partial charge in [-0.1, -0.05) is 61.2 Å². The van der Waals surface area contributed by atoms with E-state index in [0.717, 1.165) is 31.2 Å². The highest BCUT2D eigenvalue weighted by Crippen LogP contribution is 2.30. The van der Waals surface area contributed by atoms with Crippen LogP contribution in [-0.4, -0.2) is 22.8 Å². The van der Waals surface area contributed by atoms with Gasteiger partial charge in [0.2, 0.25) is 0 Å². The number of anilines is 1. The van der Waals surface area contributed by atoms with Crippen molar-refractivity contribution in [2.24, 2.45) is 16.6 Å². The molecule has 1 aliphatic rings. The van der Waals surface area contributed by atoms with E-state index in [2.05, 4.69) is 15.3 Å². The van der Waals surface area contributed by atoms with Crippen LogP contribution >= 0.6 is 11.6 Å². The Bertz CT molecular complexity index is 1030. The van der Waals surface area contributed by atoms with E-state index in [1.165, 1.54) is 6.42 Å². The molecule has 4 rings (SSSR count). The van der Waals surface area contributed by atoms with Crippen LogP contribution < -0.4 is 11.1 Å². The predicted molar refractivity (Wildman–Crippen MR) is 115 cm³/mol. The molecule has 0 saturated heterocycles. The number of aromatic nitrogens is 1. The van der Waals surface area contributed by atoms with Crippen LogP contribution in [0.1, 0.15) is 37.7 Å². The van der Waals surface area contributed by atoms with E-state index in [1.54, 1.807) is 18.2 Å². The first-order chi connectivity index (χ1) is 14.1. The van der Waals surface area contributed by atoms with Gasteiger partial charge in [0.05, 0.1) is 0 Å². The maximum atomic E-state index is 13.1. The summed E-state index contributed by atoms with van der Waals surface area (Å²) in [5.41, 5.74) is 8.06. The van der Waals surface area contributed by atoms with Crippen molar-refractivity contribution in [2.75, 3.05) is 5.32 Å². The third-order valence-corrected chi connectivity index (χ3v) is 5.55. The molecule has 2 aromatic carbocycles. The number of carbonyl (C=O) groups is 1. The summed E-state index contributed by atoms with van der Waals surface area (Å²) in [7, 11) is 0. The average Bonchev–Trinajstić information content (AvgIpc) is 3.14. The molecule has 1 amide bonds. The number of nitrogens with one attached hydrogen (secondary N) is 1. The van der Waals surface area contributed by atoms with Crippen LogP contribution in [0.25, 0.3) is 11.1 Å². The topological polar surface area (TPSA) is 93.5 Å². The van der Waals surface area contributed by atoms with Gasteiger partial charge in [0.15, 0.2) is 5.58 Å². The molecule has 0 bridgehead atoms. The monoisotopic (exact) mass is 410 g/mol. The van der Waals surface area contributed by atoms with E-state index >= 15 is 0 Å². The molecule has 0 spiro atoms. The predicted octanol–water partition coefficient (Wildman–Crippen LogP) is 4.77. The van der Waals surface area contributed by atoms with Crippen LogP contribution in [0.2, 0.25) is 5.02 Å². The lowest BCUT2D eigenvalue weighted by Gasteiger charge is -2.28. The molecule has 1 aliphatic carbocycles. The molecule has 1 fully saturated rings. The summed E-state index contributed by atoms with van der Waals surface area (Å²) in [6, 6.07) is 14.3. The highest BCUT2D eigenvalue weighted by Gasteiger charge is 2.31. The minimum absolute atomic E-state index is 0.155. The van der Waals surface area contributed by atoms with Gasteiger partial charge in [-0.15, -0.1) is 0 Å². The van der Waals surface area contributed by atoms with Gasteiger partial charge in [0.1, 0.15) is 17.4 Å². The fourth-order valence-electron chi connectivity index (χ4n) is 3.80. The van der Waals surface area contributed by atoms with E-state index in [4.69, 9.17) is 21.8 Å². The molecule has 7 heteroatoms. The summed E-state index contributed by atoms with van der Waals surface area (Å²) >= 11 is 6.03. The number of fused-ring (bicyclic) bond motifs is 1. The number of aliphatic imine (C=N–C) groups is 1. The highest BCUT2D eigenvalue weighted by molar-refractivity contribution is 6.31. The van der Waals surface area contributed by atoms with Gasteiger partial charge in [-0.05, 0) is 30.9 Å². The Hall–Kier alpha value is -2.86. The van der Waals surface area contributed by atoms with Crippen LogP contribution in [-0.2, 0) is 4.79 Å². The Morgan fingerprint density at radius 3 is 2.69 bits per heavy atom. The van der Waals surface area contributed by atoms with Crippen molar-refractivity contribution in [3.05, 3.63) is 59.1 Å². The second-order valence-corrected chi connectivity index (χ2v) is 7.79. The molecule has 1 aromatic heterocycles. The average molecular weight is 411 g/mol. The van der Waals surface area contributed by atoms with Gasteiger partial charge in [0, 0.05) is 16.7 Å². The van der Waals surface area contributed by atoms with Gasteiger partial charge in [-0.25, -0.2) is 0 Å². The van der Waals surface area contributed by atoms with Crippen molar-refractivity contribution in [2.45, 2.75) is 38.1 Å². The summed E-state index contributed by atoms with van der Waals surface area (Å²) in [5, 5.41) is 3.75. The summed E-state index contributed by atoms with van der Waals surface area (Å²) in [6.07, 6.45) is 5.29. The Morgan fingerprint density at radius 1 is 1.17 bits per heavy atom. The molecule has 1 unspecified atom stereocenters. The van der Waals surface area contributed by atoms with Crippen LogP contribution in [0, 0.1) is 5.92 Å². The number of nitrogens with two attached hydrogens (primary N) is 1. The number of oxazole rings is 1. The summed E-state index contributed by atoms with van der Waals surface area (Å²) in [4.78, 5) is 21.7. The quantitative estimate of drug-likeness (QED) is 0.466. The maximum absolute atomic E-state index is 13.1. The summed E-state index contributed by atoms with van der Waals surface area (Å²) in [6.45, 7) is 0. The molecule has 6 nitrogen and oxygen atoms in total. The van der Waals surface area contributed by atoms with E-state index in [1.807, 2.05) is 30.3 Å². The first kappa shape index (κ1) is 19.5. The van der Waals surface area contributed by atoms with Crippen LogP contribution in [0.3, 0.4) is 0 Å². The Balaban J connectivity index is 1.60. The van der Waals surface area contributed by atoms with Crippen molar-refractivity contribution in [1.82, 2.24) is 4.98 Å². The van der Waals surface area contributed by atoms with Gasteiger partial charge in [-0.2, -0.15) is 9.98 Å². The molecular formula is C22H23ClN4O2. The van der Waals surface area contributed by atoms with E-state index < -0.39 is 6.04 Å². The van der Waals surface area contributed by atoms with Crippen LogP contribution in [0.5, 0.6) is 0 Å². The van der Waals surface area contributed by atoms with E-state index in [9.17, 15) is 4.79 Å². The second kappa shape index (κ2) is 8.66. The van der Waals surface area contributed by atoms with Crippen molar-refractivity contribution >= 4 is 40.5 Å². The Kier molecular flexibility index (Phi) is 5.81. The standard InChI is InChI=1S/C22H23ClN4O2/c23-16-11-12-17-18(13-16)29-22(25-17)26-19(14-7-3-1-4-8-14)21(28)27-20(24)15-9-5-2-6-10-15/h2,5-6,9-14,19H,1,3-4,7-8H2,(H,25,26)(H2,24,27,28). The fourth-order valence-corrected chi connectivity index (χ4v) is 3.97. The molecule has 3 aromatic rings. The third kappa shape index (κ3) is 4.59. The molecule has 1 heterocycles. The van der Waals surface area contributed by atoms with Gasteiger partial charge < -0.3 is 15.5 Å². The number of benzene rings is 2. The fraction of sp³-hybridized carbons (Fsp3) is 0.318. The number of hydrogen-bond donors (Lipinski definition) is 2. The lowest BCUT2D eigenvalue weighted by Crippen LogP contribution is -2.38. The molecular weight excluding hydrogens is 388 g/mol. The third-order valence-electron chi connectivity index (χ3n) is 5.32. The number of rotatable bonds is 5. The zero-order valence-electron chi connectivity index (χ0n) is 16.0. The zero-order valence-corrected chi connectivity index (χ0v) is 16.7. The van der Waals surface area contributed by atoms with Gasteiger partial charge in [-0.3, -0.25) is 4.79 Å². The molecule has 150 valence electrons. The van der Waals surface area contributed by atoms with Gasteiger partial charge >= 0.3 is 0 Å². The highest BCUT2D eigenvalue weighted by atomic mass is 35.5. The first-order valence-electron chi connectivity index (χ1n) is 9.86. The number of amidine groups is 1. The number of nitrogens with zero attached hydrogens (tertiary/aromatic N) is 2. The largest absolute Gasteiger partial charge is 0.423 e. The van der Waals surface area contributed by atoms with Crippen molar-refractivity contribution in [1.29, 1.82) is 0 Å². The number of hydrogen-bond acceptors (Lipinski definition) is 4. The van der Waals surface area contributed by atoms with E-state index in [0.29, 0.717) is 22.1 Å². The number of carbonyl (C=O) groups excluding carboxylic acids is 1. The Morgan fingerprint density at radius 2 is 1.93 bits per heavy atom. The SMILES string of the molecule is NC(=NC(=O)C(Nc1nc2ccc(Cl)cc2o1)C1CCCCC1)c1ccccc1. The molecule has 29 heavy (non-hydrogen) atoms.